The van der Waals surface area contributed by atoms with Crippen LogP contribution in [0.4, 0.5) is 53.3 Å². The monoisotopic (exact) mass is 1700 g/mol. The standard InChI is InChI=1S/C26H23ClFN7O7.C26H24ClN7O7.C25H25N7O6/c1-26(2)41-17-15(9-39-22-13(24(36)37)8-14(28)19(27)33-22)40-23(18(17)42-26)35-11-31-16-20(29-10-30-21(16)35)34-25(38)32-12-6-4-3-5-7-12;1-26(2)40-18-16(10-38-22-15(27)8-13(9-28-22)24(35)36)39-23(19(18)41-26)34-12-31-17-20(29-11-30-21(17)34)33-25(37)32-14-6-4-3-5-7-14;1-25(2)37-18-16(11-35-22-15(33)9-6-10-26-22)36-23(19(18)38-25)32-13-29-17-20(27-12-28-21(17)32)31-24(34)30-14-7-4-3-5-8-14/h3-8,10-11,15,17-18,23H,9H2,1-2H3,(H,36,37)(H2,29,30,32,34,38);3-9,11-12,16,18-19,23H,10H2,1-2H3,(H,35,36)(H2,29,30,32,33,37);3-10,12-13,16,18-19,23,33H,11H2,1-2H3,(H2,27,28,30,31,34). The molecule has 12 aromatic rings. The van der Waals surface area contributed by atoms with Crippen molar-refractivity contribution in [1.29, 1.82) is 0 Å². The average Bonchev–Trinajstić information content (AvgIpc) is 1.60. The van der Waals surface area contributed by atoms with Gasteiger partial charge >= 0.3 is 30.0 Å². The highest BCUT2D eigenvalue weighted by atomic mass is 35.5. The number of amides is 6. The number of para-hydroxylation sites is 3. The third-order valence-corrected chi connectivity index (χ3v) is 19.7. The Balaban J connectivity index is 0.000000135. The number of aromatic carboxylic acids is 2. The Labute approximate surface area is 692 Å². The van der Waals surface area contributed by atoms with E-state index in [4.69, 9.17) is 85.2 Å². The van der Waals surface area contributed by atoms with Gasteiger partial charge in [0.15, 0.2) is 104 Å². The van der Waals surface area contributed by atoms with E-state index < -0.39 is 138 Å². The van der Waals surface area contributed by atoms with Gasteiger partial charge in [-0.2, -0.15) is 4.98 Å². The second-order valence-electron chi connectivity index (χ2n) is 28.9. The summed E-state index contributed by atoms with van der Waals surface area (Å²) in [6.45, 7) is 10.6. The minimum absolute atomic E-state index is 0.00960. The molecule has 9 N–H and O–H groups in total. The molecule has 12 atom stereocenters. The number of nitrogens with one attached hydrogen (secondary N) is 6. The van der Waals surface area contributed by atoms with Crippen LogP contribution in [-0.2, 0) is 42.6 Å². The third-order valence-electron chi connectivity index (χ3n) is 19.2. The first-order valence-electron chi connectivity index (χ1n) is 37.1. The molecule has 6 saturated heterocycles. The van der Waals surface area contributed by atoms with Crippen molar-refractivity contribution in [1.82, 2.24) is 73.5 Å². The molecule has 41 nitrogen and oxygen atoms in total. The van der Waals surface area contributed by atoms with E-state index in [-0.39, 0.29) is 71.2 Å². The number of anilines is 6. The number of halogens is 3. The molecule has 15 heterocycles. The lowest BCUT2D eigenvalue weighted by Gasteiger charge is -2.24. The summed E-state index contributed by atoms with van der Waals surface area (Å²) in [5, 5.41) is 44.4. The largest absolute Gasteiger partial charge is 0.503 e. The predicted molar refractivity (Wildman–Crippen MR) is 421 cm³/mol. The van der Waals surface area contributed by atoms with Crippen LogP contribution >= 0.6 is 23.2 Å². The second kappa shape index (κ2) is 33.9. The summed E-state index contributed by atoms with van der Waals surface area (Å²) < 4.78 is 91.8. The van der Waals surface area contributed by atoms with Crippen molar-refractivity contribution in [2.45, 2.75) is 133 Å². The van der Waals surface area contributed by atoms with Gasteiger partial charge in [0.05, 0.1) is 24.5 Å². The summed E-state index contributed by atoms with van der Waals surface area (Å²) in [6.07, 6.45) is 3.74. The van der Waals surface area contributed by atoms with Crippen molar-refractivity contribution in [2.24, 2.45) is 0 Å². The van der Waals surface area contributed by atoms with Crippen molar-refractivity contribution in [3.8, 4) is 23.4 Å². The van der Waals surface area contributed by atoms with Crippen LogP contribution in [0.15, 0.2) is 166 Å². The molecule has 12 unspecified atom stereocenters. The van der Waals surface area contributed by atoms with Gasteiger partial charge in [-0.1, -0.05) is 77.8 Å². The van der Waals surface area contributed by atoms with Gasteiger partial charge < -0.3 is 88.1 Å². The van der Waals surface area contributed by atoms with E-state index in [1.54, 1.807) is 102 Å². The fraction of sp³-hybridized carbons (Fsp3) is 0.312. The number of carbonyl (C=O) groups excluding carboxylic acids is 3. The third kappa shape index (κ3) is 17.8. The molecule has 3 aromatic carbocycles. The number of hydrogen-bond donors (Lipinski definition) is 9. The van der Waals surface area contributed by atoms with Crippen LogP contribution in [0.2, 0.25) is 10.2 Å². The SMILES string of the molecule is CC1(C)OC2C(COc3nc(Cl)c(F)cc3C(=O)O)OC(n3cnc4c(NC(=O)Nc5ccccc5)ncnc43)C2O1.CC1(C)OC2C(COc3ncc(C(=O)O)cc3Cl)OC(n3cnc4c(NC(=O)Nc5ccccc5)ncnc43)C2O1.CC1(C)OC2C(COc3ncccc3O)OC(n3cnc4c(NC(=O)Nc5ccccc5)ncnc43)C2O1. The number of imidazole rings is 3. The number of aromatic nitrogens is 15. The van der Waals surface area contributed by atoms with Gasteiger partial charge in [0, 0.05) is 29.5 Å². The first kappa shape index (κ1) is 81.6. The van der Waals surface area contributed by atoms with Crippen LogP contribution in [0.3, 0.4) is 0 Å². The topological polar surface area (TPSA) is 498 Å². The maximum Gasteiger partial charge on any atom is 0.341 e. The Morgan fingerprint density at radius 3 is 1.18 bits per heavy atom. The summed E-state index contributed by atoms with van der Waals surface area (Å²) in [4.78, 5) is 111. The van der Waals surface area contributed by atoms with Crippen LogP contribution < -0.4 is 46.1 Å². The van der Waals surface area contributed by atoms with Gasteiger partial charge in [0.1, 0.15) is 104 Å². The molecule has 6 aliphatic rings. The molecule has 6 fully saturated rings. The summed E-state index contributed by atoms with van der Waals surface area (Å²) >= 11 is 11.9. The molecular formula is C77H72Cl2FN21O20. The molecule has 0 spiro atoms. The lowest BCUT2D eigenvalue weighted by molar-refractivity contribution is -0.199. The molecule has 44 heteroatoms. The molecule has 121 heavy (non-hydrogen) atoms. The fourth-order valence-electron chi connectivity index (χ4n) is 14.2. The molecule has 6 amide bonds. The number of aromatic hydroxyl groups is 1. The molecule has 626 valence electrons. The number of rotatable bonds is 20. The number of pyridine rings is 3. The van der Waals surface area contributed by atoms with E-state index in [2.05, 4.69) is 91.7 Å². The Morgan fingerprint density at radius 1 is 0.446 bits per heavy atom. The van der Waals surface area contributed by atoms with Crippen molar-refractivity contribution < 1.29 is 101 Å². The van der Waals surface area contributed by atoms with E-state index in [0.29, 0.717) is 50.6 Å². The van der Waals surface area contributed by atoms with Crippen LogP contribution in [0.25, 0.3) is 33.5 Å². The van der Waals surface area contributed by atoms with E-state index in [1.165, 1.54) is 50.0 Å². The zero-order valence-electron chi connectivity index (χ0n) is 64.3. The van der Waals surface area contributed by atoms with Crippen LogP contribution in [0.1, 0.15) is 80.9 Å². The summed E-state index contributed by atoms with van der Waals surface area (Å²) in [5.74, 6) is -5.98. The molecule has 0 aliphatic carbocycles. The average molecular weight is 1700 g/mol. The van der Waals surface area contributed by atoms with Crippen molar-refractivity contribution in [2.75, 3.05) is 51.7 Å². The van der Waals surface area contributed by atoms with Crippen molar-refractivity contribution in [3.63, 3.8) is 0 Å². The number of benzene rings is 3. The highest BCUT2D eigenvalue weighted by Crippen LogP contribution is 2.48. The first-order valence-corrected chi connectivity index (χ1v) is 37.9. The normalized spacial score (nSPS) is 23.0. The van der Waals surface area contributed by atoms with Gasteiger partial charge in [-0.25, -0.2) is 83.2 Å². The Hall–Kier alpha value is -13.1. The van der Waals surface area contributed by atoms with Crippen LogP contribution in [0.5, 0.6) is 23.4 Å². The number of carboxylic acids is 2. The van der Waals surface area contributed by atoms with Gasteiger partial charge in [0.25, 0.3) is 5.88 Å². The van der Waals surface area contributed by atoms with Crippen molar-refractivity contribution in [3.05, 3.63) is 193 Å². The Bertz CT molecular complexity index is 5870. The quantitative estimate of drug-likeness (QED) is 0.0320. The van der Waals surface area contributed by atoms with Gasteiger partial charge in [-0.3, -0.25) is 29.7 Å². The summed E-state index contributed by atoms with van der Waals surface area (Å²) in [5.41, 5.74) is 3.52. The number of ether oxygens (including phenoxy) is 12. The number of carboxylic acid groups (broad SMARTS) is 2. The highest BCUT2D eigenvalue weighted by molar-refractivity contribution is 6.32. The second-order valence-corrected chi connectivity index (χ2v) is 29.6. The zero-order chi connectivity index (χ0) is 84.6. The van der Waals surface area contributed by atoms with Crippen molar-refractivity contribution >= 4 is 121 Å². The van der Waals surface area contributed by atoms with Gasteiger partial charge in [-0.05, 0) is 102 Å². The molecule has 0 radical (unpaired) electrons. The fourth-order valence-corrected chi connectivity index (χ4v) is 14.5. The highest BCUT2D eigenvalue weighted by Gasteiger charge is 2.59. The number of urea groups is 3. The smallest absolute Gasteiger partial charge is 0.341 e. The number of nitrogens with zero attached hydrogens (tertiary/aromatic N) is 15. The Morgan fingerprint density at radius 2 is 0.818 bits per heavy atom. The maximum absolute atomic E-state index is 13.8. The number of fused-ring (bicyclic) bond motifs is 6. The number of carbonyl (C=O) groups is 5. The lowest BCUT2D eigenvalue weighted by Crippen LogP contribution is -2.34. The molecule has 18 rings (SSSR count). The first-order chi connectivity index (χ1) is 58.2. The molecule has 0 saturated carbocycles. The minimum Gasteiger partial charge on any atom is -0.503 e. The summed E-state index contributed by atoms with van der Waals surface area (Å²) in [7, 11) is 0. The van der Waals surface area contributed by atoms with Crippen LogP contribution in [0, 0.1) is 5.82 Å². The molecular weight excluding hydrogens is 1630 g/mol. The lowest BCUT2D eigenvalue weighted by atomic mass is 10.1. The Kier molecular flexibility index (Phi) is 22.9. The van der Waals surface area contributed by atoms with Gasteiger partial charge in [0.2, 0.25) is 11.8 Å². The van der Waals surface area contributed by atoms with E-state index in [0.717, 1.165) is 12.3 Å². The van der Waals surface area contributed by atoms with E-state index in [1.807, 2.05) is 56.3 Å². The molecule has 6 aliphatic heterocycles. The molecule has 9 aromatic heterocycles. The minimum atomic E-state index is -1.44. The summed E-state index contributed by atoms with van der Waals surface area (Å²) in [6, 6.07) is 30.6. The van der Waals surface area contributed by atoms with E-state index >= 15 is 0 Å². The van der Waals surface area contributed by atoms with Crippen LogP contribution in [-0.4, -0.2) is 211 Å². The molecule has 0 bridgehead atoms. The zero-order valence-corrected chi connectivity index (χ0v) is 65.8. The number of hydrogen-bond acceptors (Lipinski definition) is 30. The van der Waals surface area contributed by atoms with Gasteiger partial charge in [-0.15, -0.1) is 0 Å². The van der Waals surface area contributed by atoms with E-state index in [9.17, 15) is 38.6 Å². The maximum atomic E-state index is 13.8. The predicted octanol–water partition coefficient (Wildman–Crippen LogP) is 10.6.